The number of carbonyl (C=O) groups excluding carboxylic acids is 2. The van der Waals surface area contributed by atoms with E-state index in [9.17, 15) is 9.59 Å². The van der Waals surface area contributed by atoms with Gasteiger partial charge in [-0.25, -0.2) is 0 Å². The second kappa shape index (κ2) is 6.60. The molecule has 1 heterocycles. The largest absolute Gasteiger partial charge is 0.361 e. The number of H-pyrrole nitrogens is 1. The number of aromatic amines is 1. The quantitative estimate of drug-likeness (QED) is 0.699. The Morgan fingerprint density at radius 3 is 2.47 bits per heavy atom. The van der Waals surface area contributed by atoms with Gasteiger partial charge >= 0.3 is 0 Å². The number of hydrogen-bond acceptors (Lipinski definition) is 2. The summed E-state index contributed by atoms with van der Waals surface area (Å²) < 4.78 is 0. The van der Waals surface area contributed by atoms with Crippen molar-refractivity contribution in [2.45, 2.75) is 77.3 Å². The van der Waals surface area contributed by atoms with Crippen LogP contribution >= 0.6 is 0 Å². The van der Waals surface area contributed by atoms with E-state index >= 15 is 0 Å². The molecule has 0 radical (unpaired) electrons. The summed E-state index contributed by atoms with van der Waals surface area (Å²) in [5, 5.41) is 7.50. The third-order valence-electron chi connectivity index (χ3n) is 7.81. The summed E-state index contributed by atoms with van der Waals surface area (Å²) in [6.07, 6.45) is 9.54. The molecule has 0 spiro atoms. The zero-order valence-electron chi connectivity index (χ0n) is 18.3. The Labute approximate surface area is 178 Å². The summed E-state index contributed by atoms with van der Waals surface area (Å²) in [6, 6.07) is 7.53. The normalized spacial score (nSPS) is 35.4. The summed E-state index contributed by atoms with van der Waals surface area (Å²) >= 11 is 0. The Morgan fingerprint density at radius 2 is 1.80 bits per heavy atom. The molecule has 0 aliphatic heterocycles. The highest BCUT2D eigenvalue weighted by Gasteiger charge is 2.60. The van der Waals surface area contributed by atoms with E-state index in [-0.39, 0.29) is 17.4 Å². The van der Waals surface area contributed by atoms with Gasteiger partial charge in [0.1, 0.15) is 6.04 Å². The van der Waals surface area contributed by atoms with Crippen LogP contribution in [0.2, 0.25) is 0 Å². The van der Waals surface area contributed by atoms with Crippen molar-refractivity contribution in [3.63, 3.8) is 0 Å². The van der Waals surface area contributed by atoms with Crippen molar-refractivity contribution < 1.29 is 9.59 Å². The van der Waals surface area contributed by atoms with E-state index in [1.807, 2.05) is 24.4 Å². The van der Waals surface area contributed by atoms with Crippen molar-refractivity contribution in [1.29, 1.82) is 0 Å². The summed E-state index contributed by atoms with van der Waals surface area (Å²) in [5.74, 6) is 0.508. The predicted octanol–water partition coefficient (Wildman–Crippen LogP) is 4.08. The van der Waals surface area contributed by atoms with E-state index in [2.05, 4.69) is 35.5 Å². The van der Waals surface area contributed by atoms with Gasteiger partial charge in [0.25, 0.3) is 0 Å². The second-order valence-electron chi connectivity index (χ2n) is 11.2. The summed E-state index contributed by atoms with van der Waals surface area (Å²) in [7, 11) is 0. The molecule has 3 N–H and O–H groups in total. The number of carbonyl (C=O) groups is 2. The highest BCUT2D eigenvalue weighted by Crippen LogP contribution is 2.66. The molecule has 2 aromatic rings. The first-order valence-electron chi connectivity index (χ1n) is 11.3. The van der Waals surface area contributed by atoms with Gasteiger partial charge in [0.15, 0.2) is 0 Å². The molecular formula is C25H33N3O2. The number of para-hydroxylation sites is 1. The van der Waals surface area contributed by atoms with Crippen LogP contribution in [-0.4, -0.2) is 28.4 Å². The fourth-order valence-corrected chi connectivity index (χ4v) is 7.91. The molecule has 4 aliphatic rings. The lowest BCUT2D eigenvalue weighted by Gasteiger charge is -2.65. The fourth-order valence-electron chi connectivity index (χ4n) is 7.91. The molecule has 4 saturated carbocycles. The minimum absolute atomic E-state index is 0.0374. The Bertz CT molecular complexity index is 991. The molecule has 5 nitrogen and oxygen atoms in total. The standard InChI is InChI=1S/C25H33N3O2/c1-16(29)27-21(8-18-12-26-20-7-5-4-6-19(18)20)22(30)28-25-11-17-9-23(2,14-25)13-24(3,10-17)15-25/h4-7,12,17,21,26H,8-11,13-15H2,1-3H3,(H,27,29)(H,28,30)/t17?,21-,23+,24+,25?/m0/s1. The summed E-state index contributed by atoms with van der Waals surface area (Å²) in [4.78, 5) is 28.7. The molecule has 0 unspecified atom stereocenters. The number of rotatable bonds is 5. The smallest absolute Gasteiger partial charge is 0.243 e. The third-order valence-corrected chi connectivity index (χ3v) is 7.81. The van der Waals surface area contributed by atoms with Crippen LogP contribution in [0.3, 0.4) is 0 Å². The van der Waals surface area contributed by atoms with Gasteiger partial charge in [-0.15, -0.1) is 0 Å². The van der Waals surface area contributed by atoms with Crippen LogP contribution in [-0.2, 0) is 16.0 Å². The molecular weight excluding hydrogens is 374 g/mol. The molecule has 1 aromatic heterocycles. The van der Waals surface area contributed by atoms with Gasteiger partial charge in [0.05, 0.1) is 0 Å². The van der Waals surface area contributed by atoms with E-state index in [4.69, 9.17) is 0 Å². The molecule has 160 valence electrons. The second-order valence-corrected chi connectivity index (χ2v) is 11.2. The van der Waals surface area contributed by atoms with Crippen LogP contribution in [0, 0.1) is 16.7 Å². The Balaban J connectivity index is 1.39. The van der Waals surface area contributed by atoms with Crippen molar-refractivity contribution in [1.82, 2.24) is 15.6 Å². The lowest BCUT2D eigenvalue weighted by Crippen LogP contribution is -2.67. The first-order valence-corrected chi connectivity index (χ1v) is 11.3. The van der Waals surface area contributed by atoms with Crippen LogP contribution < -0.4 is 10.6 Å². The van der Waals surface area contributed by atoms with Crippen molar-refractivity contribution in [2.75, 3.05) is 0 Å². The fraction of sp³-hybridized carbons (Fsp3) is 0.600. The average Bonchev–Trinajstić information content (AvgIpc) is 3.00. The minimum atomic E-state index is -0.560. The van der Waals surface area contributed by atoms with Crippen LogP contribution in [0.1, 0.15) is 64.9 Å². The van der Waals surface area contributed by atoms with Gasteiger partial charge in [0.2, 0.25) is 11.8 Å². The van der Waals surface area contributed by atoms with E-state index in [1.165, 1.54) is 26.2 Å². The molecule has 30 heavy (non-hydrogen) atoms. The molecule has 1 aromatic carbocycles. The first-order chi connectivity index (χ1) is 14.2. The molecule has 6 rings (SSSR count). The molecule has 3 atom stereocenters. The first kappa shape index (κ1) is 19.7. The van der Waals surface area contributed by atoms with E-state index in [0.29, 0.717) is 23.2 Å². The maximum absolute atomic E-state index is 13.5. The van der Waals surface area contributed by atoms with Crippen molar-refractivity contribution in [3.8, 4) is 0 Å². The molecule has 4 fully saturated rings. The molecule has 0 saturated heterocycles. The van der Waals surface area contributed by atoms with Crippen molar-refractivity contribution >= 4 is 22.7 Å². The van der Waals surface area contributed by atoms with Gasteiger partial charge in [-0.3, -0.25) is 9.59 Å². The van der Waals surface area contributed by atoms with Gasteiger partial charge in [-0.05, 0) is 66.9 Å². The van der Waals surface area contributed by atoms with Gasteiger partial charge in [-0.1, -0.05) is 32.0 Å². The lowest BCUT2D eigenvalue weighted by molar-refractivity contribution is -0.142. The highest BCUT2D eigenvalue weighted by atomic mass is 16.2. The van der Waals surface area contributed by atoms with Crippen molar-refractivity contribution in [3.05, 3.63) is 36.0 Å². The number of amides is 2. The maximum Gasteiger partial charge on any atom is 0.243 e. The van der Waals surface area contributed by atoms with Crippen LogP contribution in [0.15, 0.2) is 30.5 Å². The Hall–Kier alpha value is -2.30. The van der Waals surface area contributed by atoms with Crippen molar-refractivity contribution in [2.24, 2.45) is 16.7 Å². The van der Waals surface area contributed by atoms with Crippen LogP contribution in [0.25, 0.3) is 10.9 Å². The number of hydrogen-bond donors (Lipinski definition) is 3. The molecule has 5 heteroatoms. The van der Waals surface area contributed by atoms with Crippen LogP contribution in [0.4, 0.5) is 0 Å². The van der Waals surface area contributed by atoms with Gasteiger partial charge in [0, 0.05) is 36.0 Å². The Kier molecular flexibility index (Phi) is 4.32. The zero-order chi connectivity index (χ0) is 21.1. The third kappa shape index (κ3) is 3.42. The highest BCUT2D eigenvalue weighted by molar-refractivity contribution is 5.89. The maximum atomic E-state index is 13.5. The minimum Gasteiger partial charge on any atom is -0.361 e. The molecule has 2 amide bonds. The molecule has 4 bridgehead atoms. The predicted molar refractivity (Wildman–Crippen MR) is 118 cm³/mol. The lowest BCUT2D eigenvalue weighted by atomic mass is 9.43. The monoisotopic (exact) mass is 407 g/mol. The van der Waals surface area contributed by atoms with E-state index in [0.717, 1.165) is 35.7 Å². The van der Waals surface area contributed by atoms with E-state index < -0.39 is 6.04 Å². The number of aromatic nitrogens is 1. The Morgan fingerprint density at radius 1 is 1.10 bits per heavy atom. The van der Waals surface area contributed by atoms with E-state index in [1.54, 1.807) is 0 Å². The average molecular weight is 408 g/mol. The number of nitrogens with one attached hydrogen (secondary N) is 3. The number of fused-ring (bicyclic) bond motifs is 1. The zero-order valence-corrected chi connectivity index (χ0v) is 18.3. The number of benzene rings is 1. The summed E-state index contributed by atoms with van der Waals surface area (Å²) in [5.41, 5.74) is 2.67. The van der Waals surface area contributed by atoms with Crippen LogP contribution in [0.5, 0.6) is 0 Å². The van der Waals surface area contributed by atoms with Gasteiger partial charge in [-0.2, -0.15) is 0 Å². The summed E-state index contributed by atoms with van der Waals surface area (Å²) in [6.45, 7) is 6.31. The van der Waals surface area contributed by atoms with Gasteiger partial charge < -0.3 is 15.6 Å². The molecule has 4 aliphatic carbocycles. The SMILES string of the molecule is CC(=O)N[C@@H](Cc1c[nH]c2ccccc12)C(=O)NC12CC3C[C@@](C)(C1)C[C@@](C)(C3)C2. The topological polar surface area (TPSA) is 74.0 Å².